The van der Waals surface area contributed by atoms with Crippen molar-refractivity contribution in [3.05, 3.63) is 79.8 Å². The molecule has 0 saturated carbocycles. The van der Waals surface area contributed by atoms with E-state index < -0.39 is 4.92 Å². The minimum Gasteiger partial charge on any atom is -0.456 e. The third-order valence-electron chi connectivity index (χ3n) is 3.63. The first-order valence-electron chi connectivity index (χ1n) is 7.07. The third kappa shape index (κ3) is 3.05. The summed E-state index contributed by atoms with van der Waals surface area (Å²) in [7, 11) is 0. The second kappa shape index (κ2) is 6.01. The first kappa shape index (κ1) is 15.5. The number of halogens is 1. The molecule has 0 atom stereocenters. The van der Waals surface area contributed by atoms with E-state index in [0.29, 0.717) is 5.76 Å². The van der Waals surface area contributed by atoms with Crippen LogP contribution < -0.4 is 4.74 Å². The Labute approximate surface area is 142 Å². The molecule has 4 nitrogen and oxygen atoms in total. The second-order valence-electron chi connectivity index (χ2n) is 5.47. The Morgan fingerprint density at radius 2 is 1.83 bits per heavy atom. The van der Waals surface area contributed by atoms with Crippen LogP contribution in [0.15, 0.2) is 58.6 Å². The lowest BCUT2D eigenvalue weighted by atomic mass is 9.96. The minimum absolute atomic E-state index is 0.0666. The largest absolute Gasteiger partial charge is 0.456 e. The van der Waals surface area contributed by atoms with E-state index in [2.05, 4.69) is 29.8 Å². The Hall–Kier alpha value is -2.40. The lowest BCUT2D eigenvalue weighted by molar-refractivity contribution is -0.384. The summed E-state index contributed by atoms with van der Waals surface area (Å²) < 4.78 is 6.98. The van der Waals surface area contributed by atoms with E-state index in [0.717, 1.165) is 26.9 Å². The second-order valence-corrected chi connectivity index (χ2v) is 6.38. The molecule has 0 spiro atoms. The van der Waals surface area contributed by atoms with Crippen LogP contribution in [0.5, 0.6) is 5.75 Å². The first-order valence-corrected chi connectivity index (χ1v) is 7.87. The van der Waals surface area contributed by atoms with Crippen molar-refractivity contribution in [1.29, 1.82) is 0 Å². The zero-order chi connectivity index (χ0) is 16.6. The van der Waals surface area contributed by atoms with Gasteiger partial charge in [-0.1, -0.05) is 21.5 Å². The van der Waals surface area contributed by atoms with Crippen LogP contribution in [-0.4, -0.2) is 4.92 Å². The lowest BCUT2D eigenvalue weighted by Crippen LogP contribution is -2.04. The molecule has 1 heterocycles. The molecule has 23 heavy (non-hydrogen) atoms. The third-order valence-corrected chi connectivity index (χ3v) is 4.12. The summed E-state index contributed by atoms with van der Waals surface area (Å²) in [4.78, 5) is 10.4. The fourth-order valence-corrected chi connectivity index (χ4v) is 2.82. The van der Waals surface area contributed by atoms with Gasteiger partial charge in [-0.2, -0.15) is 0 Å². The summed E-state index contributed by atoms with van der Waals surface area (Å²) in [5, 5.41) is 10.8. The van der Waals surface area contributed by atoms with Crippen LogP contribution >= 0.6 is 15.9 Å². The van der Waals surface area contributed by atoms with E-state index in [1.165, 1.54) is 17.7 Å². The summed E-state index contributed by atoms with van der Waals surface area (Å²) in [6.45, 7) is 4.10. The van der Waals surface area contributed by atoms with Crippen molar-refractivity contribution < 1.29 is 9.66 Å². The van der Waals surface area contributed by atoms with Crippen molar-refractivity contribution in [1.82, 2.24) is 0 Å². The van der Waals surface area contributed by atoms with Crippen molar-refractivity contribution in [2.24, 2.45) is 0 Å². The maximum atomic E-state index is 10.8. The zero-order valence-corrected chi connectivity index (χ0v) is 14.3. The number of non-ortho nitro benzene ring substituents is 1. The maximum absolute atomic E-state index is 10.8. The Morgan fingerprint density at radius 1 is 1.13 bits per heavy atom. The fourth-order valence-electron chi connectivity index (χ4n) is 2.46. The van der Waals surface area contributed by atoms with E-state index in [-0.39, 0.29) is 5.69 Å². The molecule has 0 unspecified atom stereocenters. The SMILES string of the molecule is CC(C)=C1C=C(c2ccc([N+](=O)[O-])cc2)Oc2ccc(Br)cc21. The molecule has 0 aromatic heterocycles. The topological polar surface area (TPSA) is 52.4 Å². The van der Waals surface area contributed by atoms with Gasteiger partial charge in [-0.25, -0.2) is 0 Å². The molecule has 0 amide bonds. The van der Waals surface area contributed by atoms with Crippen molar-refractivity contribution in [3.8, 4) is 5.75 Å². The van der Waals surface area contributed by atoms with E-state index in [1.807, 2.05) is 24.3 Å². The van der Waals surface area contributed by atoms with E-state index in [1.54, 1.807) is 12.1 Å². The molecule has 1 aliphatic rings. The highest BCUT2D eigenvalue weighted by atomic mass is 79.9. The highest BCUT2D eigenvalue weighted by molar-refractivity contribution is 9.10. The van der Waals surface area contributed by atoms with Gasteiger partial charge in [0.25, 0.3) is 5.69 Å². The number of nitro groups is 1. The quantitative estimate of drug-likeness (QED) is 0.511. The predicted molar refractivity (Wildman–Crippen MR) is 94.1 cm³/mol. The van der Waals surface area contributed by atoms with Gasteiger partial charge in [0, 0.05) is 27.7 Å². The Kier molecular flexibility index (Phi) is 4.05. The molecule has 1 aliphatic heterocycles. The van der Waals surface area contributed by atoms with Gasteiger partial charge in [-0.15, -0.1) is 0 Å². The van der Waals surface area contributed by atoms with E-state index in [4.69, 9.17) is 4.74 Å². The predicted octanol–water partition coefficient (Wildman–Crippen LogP) is 5.58. The van der Waals surface area contributed by atoms with Crippen LogP contribution in [0.2, 0.25) is 0 Å². The summed E-state index contributed by atoms with van der Waals surface area (Å²) in [5.74, 6) is 1.46. The van der Waals surface area contributed by atoms with Gasteiger partial charge in [0.2, 0.25) is 0 Å². The average Bonchev–Trinajstić information content (AvgIpc) is 2.53. The molecule has 0 fully saturated rings. The monoisotopic (exact) mass is 371 g/mol. The Morgan fingerprint density at radius 3 is 2.43 bits per heavy atom. The highest BCUT2D eigenvalue weighted by Gasteiger charge is 2.19. The summed E-state index contributed by atoms with van der Waals surface area (Å²) in [6.07, 6.45) is 1.98. The molecule has 0 bridgehead atoms. The van der Waals surface area contributed by atoms with Gasteiger partial charge >= 0.3 is 0 Å². The molecule has 5 heteroatoms. The molecular formula is C18H14BrNO3. The molecule has 0 radical (unpaired) electrons. The van der Waals surface area contributed by atoms with Gasteiger partial charge in [0.15, 0.2) is 0 Å². The molecule has 3 rings (SSSR count). The van der Waals surface area contributed by atoms with Crippen molar-refractivity contribution in [3.63, 3.8) is 0 Å². The molecular weight excluding hydrogens is 358 g/mol. The normalized spacial score (nSPS) is 13.0. The maximum Gasteiger partial charge on any atom is 0.269 e. The molecule has 116 valence electrons. The van der Waals surface area contributed by atoms with Crippen LogP contribution in [-0.2, 0) is 0 Å². The van der Waals surface area contributed by atoms with E-state index >= 15 is 0 Å². The Balaban J connectivity index is 2.07. The van der Waals surface area contributed by atoms with Gasteiger partial charge in [0.1, 0.15) is 11.5 Å². The van der Waals surface area contributed by atoms with Crippen molar-refractivity contribution in [2.45, 2.75) is 13.8 Å². The summed E-state index contributed by atoms with van der Waals surface area (Å²) in [6, 6.07) is 12.3. The van der Waals surface area contributed by atoms with Crippen LogP contribution in [0, 0.1) is 10.1 Å². The number of nitro benzene ring substituents is 1. The summed E-state index contributed by atoms with van der Waals surface area (Å²) in [5.41, 5.74) is 4.18. The lowest BCUT2D eigenvalue weighted by Gasteiger charge is -2.22. The van der Waals surface area contributed by atoms with Crippen molar-refractivity contribution in [2.75, 3.05) is 0 Å². The van der Waals surface area contributed by atoms with Gasteiger partial charge in [-0.05, 0) is 55.8 Å². The van der Waals surface area contributed by atoms with E-state index in [9.17, 15) is 10.1 Å². The number of hydrogen-bond donors (Lipinski definition) is 0. The standard InChI is InChI=1S/C18H14BrNO3/c1-11(2)15-10-18(12-3-6-14(7-4-12)20(21)22)23-17-8-5-13(19)9-16(15)17/h3-10H,1-2H3. The minimum atomic E-state index is -0.408. The number of nitrogens with zero attached hydrogens (tertiary/aromatic N) is 1. The fraction of sp³-hybridized carbons (Fsp3) is 0.111. The average molecular weight is 372 g/mol. The molecule has 2 aromatic rings. The summed E-state index contributed by atoms with van der Waals surface area (Å²) >= 11 is 3.49. The number of allylic oxidation sites excluding steroid dienone is 3. The number of rotatable bonds is 2. The number of fused-ring (bicyclic) bond motifs is 1. The number of hydrogen-bond acceptors (Lipinski definition) is 3. The van der Waals surface area contributed by atoms with Crippen LogP contribution in [0.3, 0.4) is 0 Å². The Bertz CT molecular complexity index is 847. The van der Waals surface area contributed by atoms with Gasteiger partial charge < -0.3 is 4.74 Å². The number of ether oxygens (including phenoxy) is 1. The zero-order valence-electron chi connectivity index (χ0n) is 12.7. The molecule has 2 aromatic carbocycles. The van der Waals surface area contributed by atoms with Gasteiger partial charge in [-0.3, -0.25) is 10.1 Å². The van der Waals surface area contributed by atoms with Crippen molar-refractivity contribution >= 4 is 32.9 Å². The molecule has 0 aliphatic carbocycles. The molecule has 0 saturated heterocycles. The highest BCUT2D eigenvalue weighted by Crippen LogP contribution is 2.39. The molecule has 0 N–H and O–H groups in total. The van der Waals surface area contributed by atoms with Crippen LogP contribution in [0.25, 0.3) is 11.3 Å². The smallest absolute Gasteiger partial charge is 0.269 e. The number of benzene rings is 2. The van der Waals surface area contributed by atoms with Crippen LogP contribution in [0.1, 0.15) is 25.0 Å². The van der Waals surface area contributed by atoms with Crippen LogP contribution in [0.4, 0.5) is 5.69 Å². The first-order chi connectivity index (χ1) is 11.0. The van der Waals surface area contributed by atoms with Gasteiger partial charge in [0.05, 0.1) is 4.92 Å².